The highest BCUT2D eigenvalue weighted by Crippen LogP contribution is 2.31. The number of carbonyl (C=O) groups excluding carboxylic acids is 1. The summed E-state index contributed by atoms with van der Waals surface area (Å²) in [5.74, 6) is 0.167. The molecule has 92 valence electrons. The van der Waals surface area contributed by atoms with E-state index in [1.807, 2.05) is 0 Å². The molecule has 1 aromatic carbocycles. The first-order valence-corrected chi connectivity index (χ1v) is 6.04. The molecule has 2 rings (SSSR count). The van der Waals surface area contributed by atoms with Crippen LogP contribution >= 0.6 is 0 Å². The molecule has 0 radical (unpaired) electrons. The van der Waals surface area contributed by atoms with Crippen molar-refractivity contribution in [2.45, 2.75) is 32.2 Å². The summed E-state index contributed by atoms with van der Waals surface area (Å²) >= 11 is 0. The van der Waals surface area contributed by atoms with Gasteiger partial charge in [0, 0.05) is 6.04 Å². The number of benzene rings is 1. The van der Waals surface area contributed by atoms with Crippen molar-refractivity contribution in [3.05, 3.63) is 23.8 Å². The molecule has 17 heavy (non-hydrogen) atoms. The Labute approximate surface area is 101 Å². The van der Waals surface area contributed by atoms with Gasteiger partial charge in [0.25, 0.3) is 5.91 Å². The molecule has 0 aromatic heterocycles. The van der Waals surface area contributed by atoms with Gasteiger partial charge in [0.2, 0.25) is 0 Å². The lowest BCUT2D eigenvalue weighted by Gasteiger charge is -2.21. The molecule has 4 heteroatoms. The summed E-state index contributed by atoms with van der Waals surface area (Å²) in [5.41, 5.74) is 13.0. The van der Waals surface area contributed by atoms with E-state index in [2.05, 4.69) is 12.2 Å². The third-order valence-electron chi connectivity index (χ3n) is 3.55. The summed E-state index contributed by atoms with van der Waals surface area (Å²) < 4.78 is 0. The van der Waals surface area contributed by atoms with E-state index < -0.39 is 5.91 Å². The molecule has 1 aliphatic rings. The van der Waals surface area contributed by atoms with Crippen LogP contribution in [-0.2, 0) is 0 Å². The van der Waals surface area contributed by atoms with Crippen molar-refractivity contribution in [1.82, 2.24) is 0 Å². The number of rotatable bonds is 3. The Kier molecular flexibility index (Phi) is 3.22. The maximum atomic E-state index is 11.4. The van der Waals surface area contributed by atoms with Gasteiger partial charge in [-0.3, -0.25) is 4.79 Å². The molecule has 0 spiro atoms. The topological polar surface area (TPSA) is 81.1 Å². The van der Waals surface area contributed by atoms with Gasteiger partial charge < -0.3 is 16.8 Å². The second-order valence-corrected chi connectivity index (χ2v) is 4.79. The Hall–Kier alpha value is -1.71. The Morgan fingerprint density at radius 1 is 1.41 bits per heavy atom. The Bertz CT molecular complexity index is 431. The van der Waals surface area contributed by atoms with E-state index in [0.29, 0.717) is 28.9 Å². The first-order valence-electron chi connectivity index (χ1n) is 6.04. The quantitative estimate of drug-likeness (QED) is 0.698. The van der Waals surface area contributed by atoms with E-state index in [1.54, 1.807) is 18.2 Å². The van der Waals surface area contributed by atoms with Gasteiger partial charge in [0.15, 0.2) is 0 Å². The van der Waals surface area contributed by atoms with Crippen molar-refractivity contribution in [3.63, 3.8) is 0 Å². The molecular weight excluding hydrogens is 214 g/mol. The van der Waals surface area contributed by atoms with Gasteiger partial charge in [-0.1, -0.05) is 19.4 Å². The van der Waals surface area contributed by atoms with Crippen molar-refractivity contribution in [2.24, 2.45) is 11.7 Å². The number of amides is 1. The summed E-state index contributed by atoms with van der Waals surface area (Å²) in [4.78, 5) is 11.4. The average molecular weight is 233 g/mol. The molecule has 0 bridgehead atoms. The lowest BCUT2D eigenvalue weighted by molar-refractivity contribution is 0.100. The van der Waals surface area contributed by atoms with Crippen molar-refractivity contribution in [3.8, 4) is 0 Å². The number of carbonyl (C=O) groups is 1. The summed E-state index contributed by atoms with van der Waals surface area (Å²) in [6, 6.07) is 5.63. The number of anilines is 2. The lowest BCUT2D eigenvalue weighted by Crippen LogP contribution is -2.25. The summed E-state index contributed by atoms with van der Waals surface area (Å²) in [6.07, 6.45) is 3.56. The summed E-state index contributed by atoms with van der Waals surface area (Å²) in [5, 5.41) is 3.38. The maximum Gasteiger partial charge on any atom is 0.250 e. The number of nitrogen functional groups attached to an aromatic ring is 1. The van der Waals surface area contributed by atoms with Crippen molar-refractivity contribution >= 4 is 17.3 Å². The van der Waals surface area contributed by atoms with Crippen LogP contribution in [0.5, 0.6) is 0 Å². The van der Waals surface area contributed by atoms with E-state index in [1.165, 1.54) is 12.8 Å². The van der Waals surface area contributed by atoms with E-state index in [-0.39, 0.29) is 0 Å². The number of nitrogens with one attached hydrogen (secondary N) is 1. The highest BCUT2D eigenvalue weighted by Gasteiger charge is 2.24. The van der Waals surface area contributed by atoms with E-state index in [9.17, 15) is 4.79 Å². The standard InChI is InChI=1S/C13H19N3O/c1-8-4-2-7-11(8)16-12-9(13(15)17)5-3-6-10(12)14/h3,5-6,8,11,16H,2,4,7,14H2,1H3,(H2,15,17). The SMILES string of the molecule is CC1CCCC1Nc1c(N)cccc1C(N)=O. The number of para-hydroxylation sites is 1. The Morgan fingerprint density at radius 2 is 2.18 bits per heavy atom. The zero-order valence-electron chi connectivity index (χ0n) is 10.1. The number of primary amides is 1. The summed E-state index contributed by atoms with van der Waals surface area (Å²) in [7, 11) is 0. The second kappa shape index (κ2) is 4.65. The predicted octanol–water partition coefficient (Wildman–Crippen LogP) is 1.97. The molecule has 1 amide bonds. The van der Waals surface area contributed by atoms with E-state index in [4.69, 9.17) is 11.5 Å². The fraction of sp³-hybridized carbons (Fsp3) is 0.462. The number of nitrogens with two attached hydrogens (primary N) is 2. The van der Waals surface area contributed by atoms with Gasteiger partial charge >= 0.3 is 0 Å². The largest absolute Gasteiger partial charge is 0.397 e. The zero-order chi connectivity index (χ0) is 12.4. The highest BCUT2D eigenvalue weighted by atomic mass is 16.1. The minimum Gasteiger partial charge on any atom is -0.397 e. The molecule has 0 saturated heterocycles. The van der Waals surface area contributed by atoms with Gasteiger partial charge in [-0.05, 0) is 30.9 Å². The molecule has 1 aliphatic carbocycles. The third kappa shape index (κ3) is 2.35. The number of hydrogen-bond acceptors (Lipinski definition) is 3. The molecule has 4 nitrogen and oxygen atoms in total. The molecule has 2 atom stereocenters. The van der Waals surface area contributed by atoms with E-state index >= 15 is 0 Å². The molecule has 1 saturated carbocycles. The van der Waals surface area contributed by atoms with Crippen LogP contribution in [0.25, 0.3) is 0 Å². The van der Waals surface area contributed by atoms with Crippen LogP contribution in [0, 0.1) is 5.92 Å². The van der Waals surface area contributed by atoms with Crippen molar-refractivity contribution in [1.29, 1.82) is 0 Å². The van der Waals surface area contributed by atoms with Crippen LogP contribution in [0.4, 0.5) is 11.4 Å². The van der Waals surface area contributed by atoms with Gasteiger partial charge in [-0.25, -0.2) is 0 Å². The monoisotopic (exact) mass is 233 g/mol. The van der Waals surface area contributed by atoms with Gasteiger partial charge in [0.1, 0.15) is 0 Å². The molecule has 0 aliphatic heterocycles. The maximum absolute atomic E-state index is 11.4. The summed E-state index contributed by atoms with van der Waals surface area (Å²) in [6.45, 7) is 2.22. The van der Waals surface area contributed by atoms with Crippen LogP contribution in [-0.4, -0.2) is 11.9 Å². The first kappa shape index (κ1) is 11.8. The van der Waals surface area contributed by atoms with Crippen LogP contribution < -0.4 is 16.8 Å². The smallest absolute Gasteiger partial charge is 0.250 e. The number of hydrogen-bond donors (Lipinski definition) is 3. The van der Waals surface area contributed by atoms with Gasteiger partial charge in [0.05, 0.1) is 16.9 Å². The molecule has 2 unspecified atom stereocenters. The first-order chi connectivity index (χ1) is 8.09. The zero-order valence-corrected chi connectivity index (χ0v) is 10.1. The second-order valence-electron chi connectivity index (χ2n) is 4.79. The molecule has 0 heterocycles. The van der Waals surface area contributed by atoms with E-state index in [0.717, 1.165) is 6.42 Å². The van der Waals surface area contributed by atoms with Gasteiger partial charge in [-0.2, -0.15) is 0 Å². The van der Waals surface area contributed by atoms with Crippen molar-refractivity contribution in [2.75, 3.05) is 11.1 Å². The van der Waals surface area contributed by atoms with Crippen LogP contribution in [0.3, 0.4) is 0 Å². The minimum atomic E-state index is -0.439. The average Bonchev–Trinajstić information content (AvgIpc) is 2.67. The molecule has 1 fully saturated rings. The predicted molar refractivity (Wildman–Crippen MR) is 69.8 cm³/mol. The Balaban J connectivity index is 2.27. The van der Waals surface area contributed by atoms with Crippen molar-refractivity contribution < 1.29 is 4.79 Å². The minimum absolute atomic E-state index is 0.387. The fourth-order valence-electron chi connectivity index (χ4n) is 2.48. The normalized spacial score (nSPS) is 23.6. The Morgan fingerprint density at radius 3 is 2.76 bits per heavy atom. The van der Waals surface area contributed by atoms with Gasteiger partial charge in [-0.15, -0.1) is 0 Å². The molecule has 5 N–H and O–H groups in total. The third-order valence-corrected chi connectivity index (χ3v) is 3.55. The lowest BCUT2D eigenvalue weighted by atomic mass is 10.0. The highest BCUT2D eigenvalue weighted by molar-refractivity contribution is 6.01. The molecular formula is C13H19N3O. The van der Waals surface area contributed by atoms with Crippen LogP contribution in [0.15, 0.2) is 18.2 Å². The van der Waals surface area contributed by atoms with Crippen LogP contribution in [0.1, 0.15) is 36.5 Å². The molecule has 1 aromatic rings. The fourth-order valence-corrected chi connectivity index (χ4v) is 2.48. The van der Waals surface area contributed by atoms with Crippen LogP contribution in [0.2, 0.25) is 0 Å².